The summed E-state index contributed by atoms with van der Waals surface area (Å²) in [4.78, 5) is 15.4. The van der Waals surface area contributed by atoms with Crippen molar-refractivity contribution in [2.24, 2.45) is 5.92 Å². The standard InChI is InChI=1S/C12H16FN3O/c13-10-2-3-11(15-8-10)16-12(17)4-1-9-5-6-14-7-9/h2-3,8-9,14H,1,4-7H2,(H,15,16,17). The quantitative estimate of drug-likeness (QED) is 0.835. The second kappa shape index (κ2) is 5.72. The zero-order valence-electron chi connectivity index (χ0n) is 9.58. The molecule has 1 aliphatic heterocycles. The number of hydrogen-bond donors (Lipinski definition) is 2. The first-order chi connectivity index (χ1) is 8.24. The Kier molecular flexibility index (Phi) is 4.03. The van der Waals surface area contributed by atoms with Gasteiger partial charge in [0.2, 0.25) is 5.91 Å². The molecule has 2 rings (SSSR count). The maximum Gasteiger partial charge on any atom is 0.225 e. The third kappa shape index (κ3) is 3.78. The Morgan fingerprint density at radius 3 is 3.12 bits per heavy atom. The number of anilines is 1. The van der Waals surface area contributed by atoms with E-state index in [4.69, 9.17) is 0 Å². The van der Waals surface area contributed by atoms with Gasteiger partial charge in [0.1, 0.15) is 11.6 Å². The second-order valence-corrected chi connectivity index (χ2v) is 4.31. The minimum Gasteiger partial charge on any atom is -0.316 e. The third-order valence-electron chi connectivity index (χ3n) is 2.94. The van der Waals surface area contributed by atoms with Crippen molar-refractivity contribution in [3.8, 4) is 0 Å². The van der Waals surface area contributed by atoms with E-state index in [0.29, 0.717) is 18.2 Å². The van der Waals surface area contributed by atoms with Crippen LogP contribution in [0.4, 0.5) is 10.2 Å². The van der Waals surface area contributed by atoms with Crippen molar-refractivity contribution >= 4 is 11.7 Å². The fourth-order valence-electron chi connectivity index (χ4n) is 1.95. The van der Waals surface area contributed by atoms with E-state index in [9.17, 15) is 9.18 Å². The number of nitrogens with one attached hydrogen (secondary N) is 2. The molecule has 0 saturated carbocycles. The van der Waals surface area contributed by atoms with Gasteiger partial charge in [-0.05, 0) is 44.0 Å². The van der Waals surface area contributed by atoms with Crippen LogP contribution in [0, 0.1) is 11.7 Å². The summed E-state index contributed by atoms with van der Waals surface area (Å²) in [6, 6.07) is 2.74. The van der Waals surface area contributed by atoms with Crippen molar-refractivity contribution in [3.63, 3.8) is 0 Å². The molecular formula is C12H16FN3O. The number of aromatic nitrogens is 1. The van der Waals surface area contributed by atoms with Gasteiger partial charge in [-0.3, -0.25) is 4.79 Å². The summed E-state index contributed by atoms with van der Waals surface area (Å²) in [6.07, 6.45) is 3.62. The lowest BCUT2D eigenvalue weighted by Crippen LogP contribution is -2.15. The van der Waals surface area contributed by atoms with Crippen LogP contribution in [-0.4, -0.2) is 24.0 Å². The highest BCUT2D eigenvalue weighted by Crippen LogP contribution is 2.14. The van der Waals surface area contributed by atoms with Crippen LogP contribution in [-0.2, 0) is 4.79 Å². The summed E-state index contributed by atoms with van der Waals surface area (Å²) in [6.45, 7) is 2.05. The zero-order chi connectivity index (χ0) is 12.1. The Balaban J connectivity index is 1.74. The van der Waals surface area contributed by atoms with Crippen molar-refractivity contribution in [1.29, 1.82) is 0 Å². The van der Waals surface area contributed by atoms with E-state index in [1.807, 2.05) is 0 Å². The minimum absolute atomic E-state index is 0.0593. The Hall–Kier alpha value is -1.49. The molecule has 0 aliphatic carbocycles. The average molecular weight is 237 g/mol. The maximum absolute atomic E-state index is 12.6. The Morgan fingerprint density at radius 2 is 2.47 bits per heavy atom. The number of rotatable bonds is 4. The average Bonchev–Trinajstić information content (AvgIpc) is 2.83. The first kappa shape index (κ1) is 12.0. The summed E-state index contributed by atoms with van der Waals surface area (Å²) in [7, 11) is 0. The molecule has 0 radical (unpaired) electrons. The summed E-state index contributed by atoms with van der Waals surface area (Å²) in [5.74, 6) is 0.541. The molecule has 1 unspecified atom stereocenters. The monoisotopic (exact) mass is 237 g/mol. The molecule has 1 aromatic rings. The molecule has 2 heterocycles. The SMILES string of the molecule is O=C(CCC1CCNC1)Nc1ccc(F)cn1. The number of carbonyl (C=O) groups is 1. The lowest BCUT2D eigenvalue weighted by atomic mass is 10.0. The molecule has 1 atom stereocenters. The Morgan fingerprint density at radius 1 is 1.59 bits per heavy atom. The maximum atomic E-state index is 12.6. The van der Waals surface area contributed by atoms with Crippen molar-refractivity contribution in [3.05, 3.63) is 24.1 Å². The zero-order valence-corrected chi connectivity index (χ0v) is 9.58. The molecule has 2 N–H and O–H groups in total. The van der Waals surface area contributed by atoms with E-state index in [1.54, 1.807) is 0 Å². The van der Waals surface area contributed by atoms with Crippen molar-refractivity contribution < 1.29 is 9.18 Å². The van der Waals surface area contributed by atoms with E-state index >= 15 is 0 Å². The summed E-state index contributed by atoms with van der Waals surface area (Å²) < 4.78 is 12.6. The van der Waals surface area contributed by atoms with Crippen LogP contribution in [0.25, 0.3) is 0 Å². The van der Waals surface area contributed by atoms with Gasteiger partial charge in [0.05, 0.1) is 6.20 Å². The number of amides is 1. The van der Waals surface area contributed by atoms with Crippen molar-refractivity contribution in [2.45, 2.75) is 19.3 Å². The molecule has 4 nitrogen and oxygen atoms in total. The van der Waals surface area contributed by atoms with Gasteiger partial charge in [-0.2, -0.15) is 0 Å². The highest BCUT2D eigenvalue weighted by molar-refractivity contribution is 5.89. The van der Waals surface area contributed by atoms with E-state index in [1.165, 1.54) is 12.1 Å². The molecule has 0 aromatic carbocycles. The molecule has 92 valence electrons. The summed E-state index contributed by atoms with van der Waals surface area (Å²) in [5.41, 5.74) is 0. The molecule has 0 spiro atoms. The molecule has 1 fully saturated rings. The lowest BCUT2D eigenvalue weighted by Gasteiger charge is -2.08. The number of halogens is 1. The van der Waals surface area contributed by atoms with Crippen molar-refractivity contribution in [2.75, 3.05) is 18.4 Å². The minimum atomic E-state index is -0.403. The fourth-order valence-corrected chi connectivity index (χ4v) is 1.95. The summed E-state index contributed by atoms with van der Waals surface area (Å²) >= 11 is 0. The Bertz CT molecular complexity index is 374. The van der Waals surface area contributed by atoms with Crippen LogP contribution in [0.5, 0.6) is 0 Å². The number of pyridine rings is 1. The lowest BCUT2D eigenvalue weighted by molar-refractivity contribution is -0.116. The predicted molar refractivity (Wildman–Crippen MR) is 63.0 cm³/mol. The van der Waals surface area contributed by atoms with E-state index in [-0.39, 0.29) is 5.91 Å². The molecule has 1 saturated heterocycles. The third-order valence-corrected chi connectivity index (χ3v) is 2.94. The molecule has 17 heavy (non-hydrogen) atoms. The number of hydrogen-bond acceptors (Lipinski definition) is 3. The van der Waals surface area contributed by atoms with Gasteiger partial charge >= 0.3 is 0 Å². The molecule has 0 bridgehead atoms. The number of nitrogens with zero attached hydrogens (tertiary/aromatic N) is 1. The fraction of sp³-hybridized carbons (Fsp3) is 0.500. The number of carbonyl (C=O) groups excluding carboxylic acids is 1. The van der Waals surface area contributed by atoms with Crippen LogP contribution < -0.4 is 10.6 Å². The molecular weight excluding hydrogens is 221 g/mol. The second-order valence-electron chi connectivity index (χ2n) is 4.31. The van der Waals surface area contributed by atoms with Crippen molar-refractivity contribution in [1.82, 2.24) is 10.3 Å². The van der Waals surface area contributed by atoms with Gasteiger partial charge in [0.15, 0.2) is 0 Å². The van der Waals surface area contributed by atoms with Gasteiger partial charge in [-0.1, -0.05) is 0 Å². The largest absolute Gasteiger partial charge is 0.316 e. The van der Waals surface area contributed by atoms with Gasteiger partial charge in [0, 0.05) is 6.42 Å². The Labute approximate surface area is 99.6 Å². The smallest absolute Gasteiger partial charge is 0.225 e. The normalized spacial score (nSPS) is 19.2. The topological polar surface area (TPSA) is 54.0 Å². The van der Waals surface area contributed by atoms with E-state index < -0.39 is 5.82 Å². The van der Waals surface area contributed by atoms with Gasteiger partial charge < -0.3 is 10.6 Å². The van der Waals surface area contributed by atoms with E-state index in [2.05, 4.69) is 15.6 Å². The highest BCUT2D eigenvalue weighted by Gasteiger charge is 2.15. The molecule has 1 amide bonds. The van der Waals surface area contributed by atoms with Crippen LogP contribution in [0.1, 0.15) is 19.3 Å². The van der Waals surface area contributed by atoms with Crippen LogP contribution >= 0.6 is 0 Å². The van der Waals surface area contributed by atoms with Gasteiger partial charge in [0.25, 0.3) is 0 Å². The molecule has 1 aromatic heterocycles. The van der Waals surface area contributed by atoms with Crippen LogP contribution in [0.3, 0.4) is 0 Å². The molecule has 5 heteroatoms. The predicted octanol–water partition coefficient (Wildman–Crippen LogP) is 1.55. The van der Waals surface area contributed by atoms with Gasteiger partial charge in [-0.15, -0.1) is 0 Å². The first-order valence-electron chi connectivity index (χ1n) is 5.86. The first-order valence-corrected chi connectivity index (χ1v) is 5.86. The van der Waals surface area contributed by atoms with Gasteiger partial charge in [-0.25, -0.2) is 9.37 Å². The summed E-state index contributed by atoms with van der Waals surface area (Å²) in [5, 5.41) is 5.92. The molecule has 1 aliphatic rings. The van der Waals surface area contributed by atoms with Crippen LogP contribution in [0.2, 0.25) is 0 Å². The highest BCUT2D eigenvalue weighted by atomic mass is 19.1. The van der Waals surface area contributed by atoms with Crippen LogP contribution in [0.15, 0.2) is 18.3 Å². The van der Waals surface area contributed by atoms with E-state index in [0.717, 1.165) is 32.1 Å².